The van der Waals surface area contributed by atoms with Gasteiger partial charge >= 0.3 is 5.97 Å². The molecule has 0 saturated heterocycles. The van der Waals surface area contributed by atoms with Crippen molar-refractivity contribution in [1.82, 2.24) is 9.55 Å². The van der Waals surface area contributed by atoms with Crippen molar-refractivity contribution in [1.29, 1.82) is 0 Å². The Kier molecular flexibility index (Phi) is 5.03. The first-order chi connectivity index (χ1) is 13.3. The molecule has 1 aliphatic rings. The van der Waals surface area contributed by atoms with Gasteiger partial charge in [0.2, 0.25) is 0 Å². The molecule has 0 bridgehead atoms. The average Bonchev–Trinajstić information content (AvgIpc) is 3.00. The van der Waals surface area contributed by atoms with Crippen LogP contribution in [-0.4, -0.2) is 32.0 Å². The first-order valence-electron chi connectivity index (χ1n) is 8.91. The quantitative estimate of drug-likeness (QED) is 0.506. The summed E-state index contributed by atoms with van der Waals surface area (Å²) >= 11 is 2.54. The van der Waals surface area contributed by atoms with Gasteiger partial charge in [-0.15, -0.1) is 11.3 Å². The Bertz CT molecular complexity index is 1100. The summed E-state index contributed by atoms with van der Waals surface area (Å²) in [5.74, 6) is -1.08. The third-order valence-corrected chi connectivity index (χ3v) is 6.72. The van der Waals surface area contributed by atoms with E-state index in [2.05, 4.69) is 4.98 Å². The third kappa shape index (κ3) is 3.72. The molecule has 0 atom stereocenters. The SMILES string of the molecule is CC1(C)Cc2c(sc3nc(SCC(=O)O)n(Cc4ccccc4)c(=O)c23)CO1. The van der Waals surface area contributed by atoms with Gasteiger partial charge in [-0.05, 0) is 25.0 Å². The molecule has 1 aliphatic heterocycles. The van der Waals surface area contributed by atoms with Gasteiger partial charge in [0.25, 0.3) is 5.56 Å². The van der Waals surface area contributed by atoms with E-state index in [1.54, 1.807) is 4.57 Å². The molecule has 0 radical (unpaired) electrons. The summed E-state index contributed by atoms with van der Waals surface area (Å²) < 4.78 is 7.49. The van der Waals surface area contributed by atoms with E-state index in [0.717, 1.165) is 27.8 Å². The van der Waals surface area contributed by atoms with Crippen molar-refractivity contribution in [3.05, 3.63) is 56.7 Å². The second-order valence-electron chi connectivity index (χ2n) is 7.36. The van der Waals surface area contributed by atoms with Crippen molar-refractivity contribution in [2.75, 3.05) is 5.75 Å². The highest BCUT2D eigenvalue weighted by Gasteiger charge is 2.31. The predicted octanol–water partition coefficient (Wildman–Crippen LogP) is 3.53. The molecule has 8 heteroatoms. The maximum absolute atomic E-state index is 13.5. The van der Waals surface area contributed by atoms with Gasteiger partial charge < -0.3 is 9.84 Å². The van der Waals surface area contributed by atoms with Crippen LogP contribution in [0.1, 0.15) is 29.9 Å². The second kappa shape index (κ2) is 7.35. The Morgan fingerprint density at radius 2 is 2.11 bits per heavy atom. The van der Waals surface area contributed by atoms with Gasteiger partial charge in [0.05, 0.1) is 29.9 Å². The largest absolute Gasteiger partial charge is 0.481 e. The molecule has 1 N–H and O–H groups in total. The van der Waals surface area contributed by atoms with Gasteiger partial charge in [-0.3, -0.25) is 14.2 Å². The lowest BCUT2D eigenvalue weighted by Crippen LogP contribution is -2.32. The van der Waals surface area contributed by atoms with Crippen molar-refractivity contribution in [2.45, 2.75) is 44.2 Å². The van der Waals surface area contributed by atoms with Crippen LogP contribution < -0.4 is 5.56 Å². The third-order valence-electron chi connectivity index (χ3n) is 4.66. The average molecular weight is 417 g/mol. The zero-order valence-corrected chi connectivity index (χ0v) is 17.2. The number of hydrogen-bond acceptors (Lipinski definition) is 6. The van der Waals surface area contributed by atoms with Crippen LogP contribution in [0.25, 0.3) is 10.2 Å². The monoisotopic (exact) mass is 416 g/mol. The fourth-order valence-corrected chi connectivity index (χ4v) is 5.21. The van der Waals surface area contributed by atoms with Gasteiger partial charge in [-0.1, -0.05) is 42.1 Å². The van der Waals surface area contributed by atoms with Crippen LogP contribution in [-0.2, 0) is 29.1 Å². The number of carbonyl (C=O) groups is 1. The lowest BCUT2D eigenvalue weighted by molar-refractivity contribution is -0.133. The molecular weight excluding hydrogens is 396 g/mol. The molecule has 0 aliphatic carbocycles. The molecule has 0 fully saturated rings. The first-order valence-corrected chi connectivity index (χ1v) is 10.7. The van der Waals surface area contributed by atoms with E-state index in [-0.39, 0.29) is 16.9 Å². The van der Waals surface area contributed by atoms with Crippen LogP contribution in [0.4, 0.5) is 0 Å². The van der Waals surface area contributed by atoms with Crippen LogP contribution in [0.3, 0.4) is 0 Å². The van der Waals surface area contributed by atoms with E-state index in [1.807, 2.05) is 44.2 Å². The Balaban J connectivity index is 1.88. The van der Waals surface area contributed by atoms with Crippen molar-refractivity contribution >= 4 is 39.3 Å². The first kappa shape index (κ1) is 19.2. The minimum absolute atomic E-state index is 0.114. The molecule has 2 aromatic heterocycles. The number of carboxylic acid groups (broad SMARTS) is 1. The Morgan fingerprint density at radius 1 is 1.36 bits per heavy atom. The summed E-state index contributed by atoms with van der Waals surface area (Å²) in [6.07, 6.45) is 0.659. The molecule has 0 amide bonds. The fraction of sp³-hybridized carbons (Fsp3) is 0.350. The van der Waals surface area contributed by atoms with Gasteiger partial charge in [0.1, 0.15) is 4.83 Å². The number of hydrogen-bond donors (Lipinski definition) is 1. The Morgan fingerprint density at radius 3 is 2.82 bits per heavy atom. The van der Waals surface area contributed by atoms with E-state index >= 15 is 0 Å². The lowest BCUT2D eigenvalue weighted by Gasteiger charge is -2.29. The second-order valence-corrected chi connectivity index (χ2v) is 9.39. The molecule has 146 valence electrons. The summed E-state index contributed by atoms with van der Waals surface area (Å²) in [4.78, 5) is 30.9. The number of aromatic nitrogens is 2. The molecule has 0 spiro atoms. The fourth-order valence-electron chi connectivity index (χ4n) is 3.35. The molecule has 3 heterocycles. The number of rotatable bonds is 5. The number of fused-ring (bicyclic) bond motifs is 3. The summed E-state index contributed by atoms with van der Waals surface area (Å²) in [7, 11) is 0. The molecule has 28 heavy (non-hydrogen) atoms. The normalized spacial score (nSPS) is 15.5. The van der Waals surface area contributed by atoms with E-state index in [9.17, 15) is 9.59 Å². The number of thioether (sulfide) groups is 1. The van der Waals surface area contributed by atoms with Gasteiger partial charge in [0.15, 0.2) is 5.16 Å². The number of ether oxygens (including phenoxy) is 1. The van der Waals surface area contributed by atoms with Gasteiger partial charge in [0, 0.05) is 11.3 Å². The number of benzene rings is 1. The predicted molar refractivity (Wildman–Crippen MR) is 110 cm³/mol. The van der Waals surface area contributed by atoms with Gasteiger partial charge in [-0.2, -0.15) is 0 Å². The lowest BCUT2D eigenvalue weighted by atomic mass is 9.94. The molecule has 3 aromatic rings. The Labute approximate surface area is 170 Å². The number of carboxylic acids is 1. The number of aliphatic carboxylic acids is 1. The highest BCUT2D eigenvalue weighted by molar-refractivity contribution is 7.99. The summed E-state index contributed by atoms with van der Waals surface area (Å²) in [6, 6.07) is 9.65. The minimum atomic E-state index is -0.939. The smallest absolute Gasteiger partial charge is 0.313 e. The zero-order chi connectivity index (χ0) is 19.9. The van der Waals surface area contributed by atoms with Crippen LogP contribution in [0.5, 0.6) is 0 Å². The maximum atomic E-state index is 13.5. The van der Waals surface area contributed by atoms with Crippen molar-refractivity contribution in [3.8, 4) is 0 Å². The molecule has 4 rings (SSSR count). The van der Waals surface area contributed by atoms with Crippen molar-refractivity contribution < 1.29 is 14.6 Å². The molecule has 6 nitrogen and oxygen atoms in total. The van der Waals surface area contributed by atoms with Crippen LogP contribution in [0.2, 0.25) is 0 Å². The van der Waals surface area contributed by atoms with E-state index in [1.165, 1.54) is 11.3 Å². The number of nitrogens with zero attached hydrogens (tertiary/aromatic N) is 2. The highest BCUT2D eigenvalue weighted by atomic mass is 32.2. The minimum Gasteiger partial charge on any atom is -0.481 e. The van der Waals surface area contributed by atoms with Crippen LogP contribution in [0.15, 0.2) is 40.3 Å². The van der Waals surface area contributed by atoms with Crippen LogP contribution >= 0.6 is 23.1 Å². The van der Waals surface area contributed by atoms with E-state index < -0.39 is 5.97 Å². The van der Waals surface area contributed by atoms with Crippen LogP contribution in [0, 0.1) is 0 Å². The highest BCUT2D eigenvalue weighted by Crippen LogP contribution is 2.37. The Hall–Kier alpha value is -2.16. The standard InChI is InChI=1S/C20H20N2O4S2/c1-20(2)8-13-14(10-26-20)28-17-16(13)18(25)22(9-12-6-4-3-5-7-12)19(21-17)27-11-15(23)24/h3-7H,8-11H2,1-2H3,(H,23,24). The maximum Gasteiger partial charge on any atom is 0.313 e. The zero-order valence-electron chi connectivity index (χ0n) is 15.6. The topological polar surface area (TPSA) is 81.4 Å². The molecular formula is C20H20N2O4S2. The molecule has 0 saturated carbocycles. The molecule has 1 aromatic carbocycles. The van der Waals surface area contributed by atoms with Gasteiger partial charge in [-0.25, -0.2) is 4.98 Å². The summed E-state index contributed by atoms with van der Waals surface area (Å²) in [5.41, 5.74) is 1.55. The summed E-state index contributed by atoms with van der Waals surface area (Å²) in [6.45, 7) is 4.87. The van der Waals surface area contributed by atoms with E-state index in [4.69, 9.17) is 9.84 Å². The van der Waals surface area contributed by atoms with E-state index in [0.29, 0.717) is 34.9 Å². The van der Waals surface area contributed by atoms with Crippen molar-refractivity contribution in [2.24, 2.45) is 0 Å². The number of thiophene rings is 1. The summed E-state index contributed by atoms with van der Waals surface area (Å²) in [5, 5.41) is 10.2. The molecule has 0 unspecified atom stereocenters. The van der Waals surface area contributed by atoms with Crippen molar-refractivity contribution in [3.63, 3.8) is 0 Å².